The fourth-order valence-corrected chi connectivity index (χ4v) is 2.33. The minimum Gasteiger partial charge on any atom is -0.467 e. The molecule has 2 aromatic heterocycles. The molecule has 10 heteroatoms. The Morgan fingerprint density at radius 1 is 1.19 bits per heavy atom. The van der Waals surface area contributed by atoms with Crippen LogP contribution in [0.15, 0.2) is 42.5 Å². The molecule has 0 aliphatic rings. The molecule has 1 atom stereocenters. The Bertz CT molecular complexity index is 931. The Morgan fingerprint density at radius 3 is 2.69 bits per heavy atom. The summed E-state index contributed by atoms with van der Waals surface area (Å²) in [5.74, 6) is -0.705. The van der Waals surface area contributed by atoms with Crippen molar-refractivity contribution in [3.05, 3.63) is 59.0 Å². The Balaban J connectivity index is 1.78. The van der Waals surface area contributed by atoms with Crippen LogP contribution in [0.3, 0.4) is 0 Å². The van der Waals surface area contributed by atoms with Crippen LogP contribution in [-0.4, -0.2) is 39.0 Å². The molecular formula is C16H14ClN5O4. The number of nitrogens with zero attached hydrogens (tertiary/aromatic N) is 4. The van der Waals surface area contributed by atoms with E-state index in [0.717, 1.165) is 5.56 Å². The van der Waals surface area contributed by atoms with Crippen molar-refractivity contribution in [2.75, 3.05) is 7.11 Å². The summed E-state index contributed by atoms with van der Waals surface area (Å²) >= 11 is 5.87. The highest BCUT2D eigenvalue weighted by Gasteiger charge is 2.30. The van der Waals surface area contributed by atoms with Crippen molar-refractivity contribution in [3.63, 3.8) is 0 Å². The maximum atomic E-state index is 12.1. The van der Waals surface area contributed by atoms with Crippen molar-refractivity contribution < 1.29 is 19.1 Å². The van der Waals surface area contributed by atoms with Gasteiger partial charge in [-0.05, 0) is 17.7 Å². The molecule has 0 fully saturated rings. The number of ether oxygens (including phenoxy) is 2. The van der Waals surface area contributed by atoms with E-state index in [0.29, 0.717) is 5.65 Å². The molecule has 0 saturated heterocycles. The van der Waals surface area contributed by atoms with Gasteiger partial charge in [-0.3, -0.25) is 0 Å². The first kappa shape index (κ1) is 17.6. The number of halogens is 1. The SMILES string of the molecule is COC(=O)C(NC(=O)OCc1ccccc1)c1nnc2ccc(Cl)nn12. The first-order valence-electron chi connectivity index (χ1n) is 7.51. The topological polar surface area (TPSA) is 108 Å². The third-order valence-electron chi connectivity index (χ3n) is 3.42. The predicted octanol–water partition coefficient (Wildman–Crippen LogP) is 1.92. The molecule has 0 radical (unpaired) electrons. The van der Waals surface area contributed by atoms with Gasteiger partial charge in [0.25, 0.3) is 0 Å². The van der Waals surface area contributed by atoms with Gasteiger partial charge < -0.3 is 14.8 Å². The largest absolute Gasteiger partial charge is 0.467 e. The lowest BCUT2D eigenvalue weighted by atomic mass is 10.2. The number of hydrogen-bond acceptors (Lipinski definition) is 7. The normalized spacial score (nSPS) is 11.8. The van der Waals surface area contributed by atoms with Gasteiger partial charge in [0.05, 0.1) is 7.11 Å². The van der Waals surface area contributed by atoms with Gasteiger partial charge in [-0.15, -0.1) is 10.2 Å². The summed E-state index contributed by atoms with van der Waals surface area (Å²) in [6, 6.07) is 11.0. The molecule has 3 aromatic rings. The number of alkyl carbamates (subject to hydrolysis) is 1. The minimum absolute atomic E-state index is 0.0469. The number of aromatic nitrogens is 4. The van der Waals surface area contributed by atoms with Crippen molar-refractivity contribution in [1.82, 2.24) is 25.1 Å². The summed E-state index contributed by atoms with van der Waals surface area (Å²) in [7, 11) is 1.19. The van der Waals surface area contributed by atoms with E-state index in [1.807, 2.05) is 30.3 Å². The number of rotatable bonds is 5. The smallest absolute Gasteiger partial charge is 0.408 e. The number of methoxy groups -OCH3 is 1. The molecule has 0 spiro atoms. The first-order chi connectivity index (χ1) is 12.6. The zero-order chi connectivity index (χ0) is 18.5. The molecule has 1 amide bonds. The van der Waals surface area contributed by atoms with Crippen LogP contribution in [-0.2, 0) is 20.9 Å². The highest BCUT2D eigenvalue weighted by atomic mass is 35.5. The number of nitrogens with one attached hydrogen (secondary N) is 1. The summed E-state index contributed by atoms with van der Waals surface area (Å²) in [6.07, 6.45) is -0.817. The van der Waals surface area contributed by atoms with Gasteiger partial charge in [-0.25, -0.2) is 9.59 Å². The second-order valence-electron chi connectivity index (χ2n) is 5.15. The molecule has 2 heterocycles. The number of carbonyl (C=O) groups is 2. The zero-order valence-corrected chi connectivity index (χ0v) is 14.4. The monoisotopic (exact) mass is 375 g/mol. The predicted molar refractivity (Wildman–Crippen MR) is 90.3 cm³/mol. The first-order valence-corrected chi connectivity index (χ1v) is 7.89. The average molecular weight is 376 g/mol. The highest BCUT2D eigenvalue weighted by molar-refractivity contribution is 6.29. The van der Waals surface area contributed by atoms with Gasteiger partial charge >= 0.3 is 12.1 Å². The van der Waals surface area contributed by atoms with E-state index in [4.69, 9.17) is 21.1 Å². The van der Waals surface area contributed by atoms with Crippen LogP contribution >= 0.6 is 11.6 Å². The van der Waals surface area contributed by atoms with E-state index < -0.39 is 18.1 Å². The van der Waals surface area contributed by atoms with Gasteiger partial charge in [-0.1, -0.05) is 41.9 Å². The van der Waals surface area contributed by atoms with Gasteiger partial charge in [0.1, 0.15) is 11.8 Å². The molecule has 1 unspecified atom stereocenters. The van der Waals surface area contributed by atoms with E-state index in [1.54, 1.807) is 6.07 Å². The number of esters is 1. The molecule has 1 aromatic carbocycles. The summed E-state index contributed by atoms with van der Waals surface area (Å²) in [5, 5.41) is 14.4. The number of amides is 1. The average Bonchev–Trinajstić information content (AvgIpc) is 3.07. The number of benzene rings is 1. The Kier molecular flexibility index (Phi) is 5.28. The Hall–Kier alpha value is -3.20. The van der Waals surface area contributed by atoms with E-state index in [9.17, 15) is 9.59 Å². The maximum absolute atomic E-state index is 12.1. The molecule has 0 aliphatic heterocycles. The molecule has 26 heavy (non-hydrogen) atoms. The second kappa shape index (κ2) is 7.79. The zero-order valence-electron chi connectivity index (χ0n) is 13.6. The summed E-state index contributed by atoms with van der Waals surface area (Å²) in [5.41, 5.74) is 1.16. The van der Waals surface area contributed by atoms with Crippen molar-refractivity contribution in [1.29, 1.82) is 0 Å². The van der Waals surface area contributed by atoms with Crippen molar-refractivity contribution >= 4 is 29.3 Å². The lowest BCUT2D eigenvalue weighted by Gasteiger charge is -2.14. The number of carbonyl (C=O) groups excluding carboxylic acids is 2. The molecule has 9 nitrogen and oxygen atoms in total. The molecule has 0 bridgehead atoms. The van der Waals surface area contributed by atoms with Crippen molar-refractivity contribution in [3.8, 4) is 0 Å². The van der Waals surface area contributed by atoms with Crippen LogP contribution in [0.4, 0.5) is 4.79 Å². The Labute approximate surface area is 152 Å². The minimum atomic E-state index is -1.26. The lowest BCUT2D eigenvalue weighted by molar-refractivity contribution is -0.143. The van der Waals surface area contributed by atoms with Gasteiger partial charge in [0.15, 0.2) is 17.5 Å². The summed E-state index contributed by atoms with van der Waals surface area (Å²) < 4.78 is 11.1. The second-order valence-corrected chi connectivity index (χ2v) is 5.53. The molecule has 0 aliphatic carbocycles. The molecular weight excluding hydrogens is 362 g/mol. The molecule has 3 rings (SSSR count). The third-order valence-corrected chi connectivity index (χ3v) is 3.63. The molecule has 134 valence electrons. The van der Waals surface area contributed by atoms with E-state index in [2.05, 4.69) is 20.6 Å². The standard InChI is InChI=1S/C16H14ClN5O4/c1-25-15(23)13(14-20-19-12-8-7-11(17)21-22(12)14)18-16(24)26-9-10-5-3-2-4-6-10/h2-8,13H,9H2,1H3,(H,18,24). The van der Waals surface area contributed by atoms with Crippen LogP contribution in [0.2, 0.25) is 5.15 Å². The van der Waals surface area contributed by atoms with Gasteiger partial charge in [0, 0.05) is 0 Å². The van der Waals surface area contributed by atoms with Crippen LogP contribution in [0.5, 0.6) is 0 Å². The summed E-state index contributed by atoms with van der Waals surface area (Å²) in [4.78, 5) is 24.2. The summed E-state index contributed by atoms with van der Waals surface area (Å²) in [6.45, 7) is 0.0469. The number of hydrogen-bond donors (Lipinski definition) is 1. The maximum Gasteiger partial charge on any atom is 0.408 e. The van der Waals surface area contributed by atoms with E-state index >= 15 is 0 Å². The van der Waals surface area contributed by atoms with Crippen LogP contribution in [0.25, 0.3) is 5.65 Å². The van der Waals surface area contributed by atoms with Gasteiger partial charge in [0.2, 0.25) is 0 Å². The fraction of sp³-hybridized carbons (Fsp3) is 0.188. The quantitative estimate of drug-likeness (QED) is 0.678. The third kappa shape index (κ3) is 3.89. The van der Waals surface area contributed by atoms with Gasteiger partial charge in [-0.2, -0.15) is 9.61 Å². The van der Waals surface area contributed by atoms with Crippen LogP contribution < -0.4 is 5.32 Å². The number of fused-ring (bicyclic) bond motifs is 1. The van der Waals surface area contributed by atoms with Crippen LogP contribution in [0.1, 0.15) is 17.4 Å². The molecule has 1 N–H and O–H groups in total. The van der Waals surface area contributed by atoms with E-state index in [-0.39, 0.29) is 17.6 Å². The lowest BCUT2D eigenvalue weighted by Crippen LogP contribution is -2.36. The van der Waals surface area contributed by atoms with Crippen LogP contribution in [0, 0.1) is 0 Å². The molecule has 0 saturated carbocycles. The fourth-order valence-electron chi connectivity index (χ4n) is 2.19. The highest BCUT2D eigenvalue weighted by Crippen LogP contribution is 2.15. The van der Waals surface area contributed by atoms with Crippen molar-refractivity contribution in [2.24, 2.45) is 0 Å². The van der Waals surface area contributed by atoms with E-state index in [1.165, 1.54) is 17.7 Å². The Morgan fingerprint density at radius 2 is 1.96 bits per heavy atom. The van der Waals surface area contributed by atoms with Crippen molar-refractivity contribution in [2.45, 2.75) is 12.6 Å².